The van der Waals surface area contributed by atoms with E-state index in [0.29, 0.717) is 47.5 Å². The summed E-state index contributed by atoms with van der Waals surface area (Å²) in [5.41, 5.74) is 5.55. The number of aliphatic hydroxyl groups is 1. The predicted molar refractivity (Wildman–Crippen MR) is 342 cm³/mol. The van der Waals surface area contributed by atoms with Crippen molar-refractivity contribution in [3.8, 4) is 0 Å². The number of halogens is 2. The maximum atomic E-state index is 14.5. The Morgan fingerprint density at radius 2 is 1.72 bits per heavy atom. The lowest BCUT2D eigenvalue weighted by Gasteiger charge is -2.41. The molecule has 2 fully saturated rings. The number of benzene rings is 2. The minimum absolute atomic E-state index is 0.0261. The topological polar surface area (TPSA) is 309 Å². The molecule has 494 valence electrons. The molecule has 0 aliphatic carbocycles. The Labute approximate surface area is 541 Å². The van der Waals surface area contributed by atoms with E-state index in [4.69, 9.17) is 41.0 Å². The fraction of sp³-hybridized carbons (Fsp3) is 0.576. The van der Waals surface area contributed by atoms with Crippen molar-refractivity contribution in [2.75, 3.05) is 45.0 Å². The SMILES string of the molecule is C=C(CBr)C(=O)OC(C)CCCCC(=O)C[C@H](C(=O)N[C@@H](CCCNC(N)=O)C(=O)Cc1ccc(C(=O)N(C)[C@@H](C)C(=O)O[C@H]2CC(=O)N(C)c3cc(cc(C)c3Cl)C/C(C)=C/C=C/[C@@H](OC)[C@]3(O)CC(=O)O[C@@H](C3)[C@@H](C)[C@@H]3O[C@@]23C)cc1C(=O)NC)C(C)C. The van der Waals surface area contributed by atoms with Crippen molar-refractivity contribution in [3.63, 3.8) is 0 Å². The number of unbranched alkanes of at least 4 members (excludes halogenated alkanes) is 1. The third kappa shape index (κ3) is 19.6. The number of alkyl halides is 1. The quantitative estimate of drug-likeness (QED) is 0.0152. The first-order chi connectivity index (χ1) is 42.3. The normalized spacial score (nSPS) is 24.1. The monoisotopic (exact) mass is 1340 g/mol. The summed E-state index contributed by atoms with van der Waals surface area (Å²) in [6.45, 7) is 17.7. The lowest BCUT2D eigenvalue weighted by atomic mass is 9.78. The highest BCUT2D eigenvalue weighted by Crippen LogP contribution is 2.50. The van der Waals surface area contributed by atoms with Crippen LogP contribution in [0.15, 0.2) is 66.3 Å². The van der Waals surface area contributed by atoms with E-state index in [1.807, 2.05) is 32.1 Å². The molecule has 6 amide bonds. The van der Waals surface area contributed by atoms with Gasteiger partial charge in [0.15, 0.2) is 5.78 Å². The molecule has 3 aliphatic heterocycles. The Kier molecular flexibility index (Phi) is 27.1. The van der Waals surface area contributed by atoms with Gasteiger partial charge >= 0.3 is 23.9 Å². The van der Waals surface area contributed by atoms with E-state index in [9.17, 15) is 53.1 Å². The van der Waals surface area contributed by atoms with Crippen LogP contribution in [0.25, 0.3) is 0 Å². The lowest BCUT2D eigenvalue weighted by Crippen LogP contribution is -2.53. The van der Waals surface area contributed by atoms with Crippen LogP contribution in [0.2, 0.25) is 5.02 Å². The molecule has 3 aliphatic rings. The first-order valence-corrected chi connectivity index (χ1v) is 32.0. The van der Waals surface area contributed by atoms with Crippen LogP contribution in [-0.4, -0.2) is 163 Å². The van der Waals surface area contributed by atoms with Crippen molar-refractivity contribution in [1.29, 1.82) is 0 Å². The first kappa shape index (κ1) is 73.9. The lowest BCUT2D eigenvalue weighted by molar-refractivity contribution is -0.187. The van der Waals surface area contributed by atoms with Crippen molar-refractivity contribution in [2.45, 2.75) is 186 Å². The van der Waals surface area contributed by atoms with Crippen LogP contribution >= 0.6 is 27.5 Å². The molecule has 2 saturated heterocycles. The number of carbonyl (C=O) groups is 10. The van der Waals surface area contributed by atoms with Gasteiger partial charge in [-0.2, -0.15) is 0 Å². The van der Waals surface area contributed by atoms with Crippen molar-refractivity contribution in [1.82, 2.24) is 20.9 Å². The molecule has 90 heavy (non-hydrogen) atoms. The van der Waals surface area contributed by atoms with E-state index in [-0.39, 0.29) is 84.9 Å². The average Bonchev–Trinajstić information content (AvgIpc) is 1.57. The summed E-state index contributed by atoms with van der Waals surface area (Å²) in [4.78, 5) is 138. The van der Waals surface area contributed by atoms with Crippen LogP contribution in [-0.2, 0) is 70.1 Å². The number of anilines is 1. The number of likely N-dealkylation sites (N-methyl/N-ethyl adjacent to an activating group) is 1. The molecular formula is C66H90BrClN6O16. The molecular weight excluding hydrogens is 1250 g/mol. The van der Waals surface area contributed by atoms with Crippen molar-refractivity contribution in [3.05, 3.63) is 99.1 Å². The van der Waals surface area contributed by atoms with Gasteiger partial charge in [-0.1, -0.05) is 90.8 Å². The second-order valence-corrected chi connectivity index (χ2v) is 25.6. The molecule has 0 aromatic heterocycles. The minimum Gasteiger partial charge on any atom is -0.462 e. The number of aryl methyl sites for hydroxylation is 1. The number of primary amides is 1. The Hall–Kier alpha value is -6.79. The highest BCUT2D eigenvalue weighted by Gasteiger charge is 2.64. The van der Waals surface area contributed by atoms with Gasteiger partial charge in [0.2, 0.25) is 11.8 Å². The van der Waals surface area contributed by atoms with Crippen LogP contribution < -0.4 is 26.6 Å². The molecule has 2 aromatic carbocycles. The highest BCUT2D eigenvalue weighted by atomic mass is 79.9. The Morgan fingerprint density at radius 3 is 2.37 bits per heavy atom. The molecule has 0 radical (unpaired) electrons. The van der Waals surface area contributed by atoms with Gasteiger partial charge in [0.25, 0.3) is 11.8 Å². The first-order valence-electron chi connectivity index (χ1n) is 30.5. The second-order valence-electron chi connectivity index (χ2n) is 24.6. The number of esters is 3. The maximum Gasteiger partial charge on any atom is 0.334 e. The third-order valence-electron chi connectivity index (χ3n) is 17.2. The van der Waals surface area contributed by atoms with Crippen LogP contribution in [0, 0.1) is 24.7 Å². The fourth-order valence-corrected chi connectivity index (χ4v) is 11.9. The second kappa shape index (κ2) is 33.0. The summed E-state index contributed by atoms with van der Waals surface area (Å²) in [5.74, 6) is -6.89. The summed E-state index contributed by atoms with van der Waals surface area (Å²) in [7, 11) is 5.73. The summed E-state index contributed by atoms with van der Waals surface area (Å²) >= 11 is 10.1. The smallest absolute Gasteiger partial charge is 0.334 e. The number of fused-ring (bicyclic) bond motifs is 5. The van der Waals surface area contributed by atoms with Crippen molar-refractivity contribution in [2.24, 2.45) is 23.5 Å². The average molecular weight is 1340 g/mol. The van der Waals surface area contributed by atoms with Crippen LogP contribution in [0.5, 0.6) is 0 Å². The Balaban J connectivity index is 1.37. The summed E-state index contributed by atoms with van der Waals surface area (Å²) < 4.78 is 29.6. The standard InChI is InChI=1S/C66H90BrClN6O16/c1-36(2)47(31-46(75)20-15-14-19-40(6)87-62(82)39(5)35-67)60(80)72-49(21-17-25-71-64(69)84)51(76)30-44-23-24-45(29-48(44)59(79)70-10)61(81)73(11)42(8)63(83)89-54-32-55(77)74(12)50-28-43(27-38(4)57(50)68)26-37(3)18-16-22-53(86-13)66(85)33-52(88-56(78)34-66)41(7)58-65(54,9)90-58/h16,18,22-24,27-29,36,40-42,47,49,52-54,58,85H,5,14-15,17,19-21,25-26,30-35H2,1-4,6-13H3,(H,70,79)(H,72,80)(H3,69,71,84)/b22-16+,37-18+/t40?,41-,42+,47+,49+,52+,53-,54+,58+,65+,66-/m1/s1. The number of Topliss-reactive ketones (excluding diaryl/α,β-unsaturated/α-hetero) is 2. The summed E-state index contributed by atoms with van der Waals surface area (Å²) in [6.07, 6.45) is 2.31. The van der Waals surface area contributed by atoms with E-state index in [0.717, 1.165) is 16.0 Å². The van der Waals surface area contributed by atoms with E-state index in [2.05, 4.69) is 38.5 Å². The van der Waals surface area contributed by atoms with E-state index in [1.54, 1.807) is 53.8 Å². The summed E-state index contributed by atoms with van der Waals surface area (Å²) in [6, 6.07) is 4.58. The van der Waals surface area contributed by atoms with Gasteiger partial charge in [-0.25, -0.2) is 14.4 Å². The molecule has 1 unspecified atom stereocenters. The van der Waals surface area contributed by atoms with Gasteiger partial charge < -0.3 is 60.3 Å². The molecule has 22 nitrogen and oxygen atoms in total. The number of carbonyl (C=O) groups excluding carboxylic acids is 10. The van der Waals surface area contributed by atoms with E-state index >= 15 is 0 Å². The number of hydrogen-bond donors (Lipinski definition) is 5. The van der Waals surface area contributed by atoms with Crippen LogP contribution in [0.4, 0.5) is 10.5 Å². The number of nitrogens with two attached hydrogens (primary N) is 1. The number of hydrogen-bond acceptors (Lipinski definition) is 16. The Morgan fingerprint density at radius 1 is 1.02 bits per heavy atom. The third-order valence-corrected chi connectivity index (χ3v) is 18.4. The van der Waals surface area contributed by atoms with E-state index < -0.39 is 126 Å². The molecule has 3 heterocycles. The predicted octanol–water partition coefficient (Wildman–Crippen LogP) is 7.46. The molecule has 0 saturated carbocycles. The number of amides is 6. The zero-order chi connectivity index (χ0) is 67.1. The number of nitrogens with one attached hydrogen (secondary N) is 3. The molecule has 24 heteroatoms. The van der Waals surface area contributed by atoms with Gasteiger partial charge in [0.1, 0.15) is 41.3 Å². The molecule has 0 spiro atoms. The number of ether oxygens (including phenoxy) is 5. The fourth-order valence-electron chi connectivity index (χ4n) is 11.4. The molecule has 2 aromatic rings. The zero-order valence-corrected chi connectivity index (χ0v) is 56.1. The van der Waals surface area contributed by atoms with Crippen LogP contribution in [0.3, 0.4) is 0 Å². The van der Waals surface area contributed by atoms with Gasteiger partial charge in [-0.3, -0.25) is 33.6 Å². The minimum atomic E-state index is -1.67. The highest BCUT2D eigenvalue weighted by molar-refractivity contribution is 9.09. The number of methoxy groups -OCH3 is 1. The number of ketones is 2. The van der Waals surface area contributed by atoms with Gasteiger partial charge in [-0.05, 0) is 114 Å². The van der Waals surface area contributed by atoms with Crippen molar-refractivity contribution >= 4 is 92.4 Å². The number of allylic oxidation sites excluding steroid dienone is 3. The molecule has 11 atom stereocenters. The summed E-state index contributed by atoms with van der Waals surface area (Å²) in [5, 5.41) is 20.5. The Bertz CT molecular complexity index is 3100. The molecule has 6 N–H and O–H groups in total. The zero-order valence-electron chi connectivity index (χ0n) is 53.8. The van der Waals surface area contributed by atoms with E-state index in [1.165, 1.54) is 51.2 Å². The maximum absolute atomic E-state index is 14.5. The van der Waals surface area contributed by atoms with Gasteiger partial charge in [0, 0.05) is 94.3 Å². The number of epoxide rings is 1. The number of rotatable bonds is 26. The number of nitrogens with zero attached hydrogens (tertiary/aromatic N) is 2. The molecule has 5 rings (SSSR count). The molecule has 4 bridgehead atoms. The van der Waals surface area contributed by atoms with Crippen LogP contribution in [0.1, 0.15) is 150 Å². The van der Waals surface area contributed by atoms with Gasteiger partial charge in [0.05, 0.1) is 41.8 Å². The van der Waals surface area contributed by atoms with Crippen molar-refractivity contribution < 1.29 is 76.7 Å². The van der Waals surface area contributed by atoms with Gasteiger partial charge in [-0.15, -0.1) is 0 Å². The number of urea groups is 1. The largest absolute Gasteiger partial charge is 0.462 e.